The summed E-state index contributed by atoms with van der Waals surface area (Å²) in [7, 11) is 0. The van der Waals surface area contributed by atoms with Crippen LogP contribution in [0.2, 0.25) is 10.0 Å². The van der Waals surface area contributed by atoms with E-state index in [1.54, 1.807) is 6.07 Å². The molecule has 16 heteroatoms. The van der Waals surface area contributed by atoms with Gasteiger partial charge in [-0.1, -0.05) is 29.3 Å². The number of hydrogen-bond donors (Lipinski definition) is 3. The van der Waals surface area contributed by atoms with E-state index in [2.05, 4.69) is 5.32 Å². The Morgan fingerprint density at radius 3 is 2.00 bits per heavy atom. The molecule has 0 spiro atoms. The largest absolute Gasteiger partial charge is 0.471 e. The predicted molar refractivity (Wildman–Crippen MR) is 141 cm³/mol. The van der Waals surface area contributed by atoms with Gasteiger partial charge < -0.3 is 16.0 Å². The molecule has 1 saturated carbocycles. The summed E-state index contributed by atoms with van der Waals surface area (Å²) in [6.07, 6.45) is -5.38. The van der Waals surface area contributed by atoms with Gasteiger partial charge in [-0.15, -0.1) is 23.2 Å². The third-order valence-corrected chi connectivity index (χ3v) is 7.61. The molecular weight excluding hydrogens is 646 g/mol. The van der Waals surface area contributed by atoms with Gasteiger partial charge in [0.1, 0.15) is 21.8 Å². The minimum absolute atomic E-state index is 0.0943. The van der Waals surface area contributed by atoms with Gasteiger partial charge in [0.2, 0.25) is 5.91 Å². The number of benzene rings is 3. The SMILES string of the molecule is O=C(Nc1cc(NC(=O)C(F)(F)F)c(F)cc1F)c1cc(NC(=O)C2[C@H](c3ccc(Cl)c(Cl)c3)C2(Cl)Cl)ccc1F. The molecule has 41 heavy (non-hydrogen) atoms. The molecule has 3 aromatic carbocycles. The molecule has 0 heterocycles. The van der Waals surface area contributed by atoms with Gasteiger partial charge in [-0.2, -0.15) is 13.2 Å². The lowest BCUT2D eigenvalue weighted by molar-refractivity contribution is -0.167. The molecular formula is C25H13Cl4F6N3O3. The van der Waals surface area contributed by atoms with Crippen molar-refractivity contribution in [2.24, 2.45) is 5.92 Å². The number of amides is 3. The summed E-state index contributed by atoms with van der Waals surface area (Å²) < 4.78 is 78.6. The van der Waals surface area contributed by atoms with Crippen molar-refractivity contribution in [1.29, 1.82) is 0 Å². The lowest BCUT2D eigenvalue weighted by Gasteiger charge is -2.13. The highest BCUT2D eigenvalue weighted by Gasteiger charge is 2.67. The molecule has 6 nitrogen and oxygen atoms in total. The molecule has 1 aliphatic rings. The lowest BCUT2D eigenvalue weighted by atomic mass is 10.1. The minimum Gasteiger partial charge on any atom is -0.326 e. The average Bonchev–Trinajstić information content (AvgIpc) is 3.46. The van der Waals surface area contributed by atoms with E-state index in [4.69, 9.17) is 46.4 Å². The van der Waals surface area contributed by atoms with Crippen LogP contribution in [-0.4, -0.2) is 28.2 Å². The molecule has 0 aromatic heterocycles. The third-order valence-electron chi connectivity index (χ3n) is 5.93. The van der Waals surface area contributed by atoms with Gasteiger partial charge in [0.05, 0.1) is 32.9 Å². The zero-order valence-electron chi connectivity index (χ0n) is 19.8. The topological polar surface area (TPSA) is 87.3 Å². The van der Waals surface area contributed by atoms with Crippen molar-refractivity contribution in [2.75, 3.05) is 16.0 Å². The Bertz CT molecular complexity index is 1580. The van der Waals surface area contributed by atoms with E-state index < -0.39 is 74.5 Å². The Morgan fingerprint density at radius 2 is 1.39 bits per heavy atom. The fraction of sp³-hybridized carbons (Fsp3) is 0.160. The maximum Gasteiger partial charge on any atom is 0.471 e. The summed E-state index contributed by atoms with van der Waals surface area (Å²) in [5, 5.41) is 6.01. The first-order valence-corrected chi connectivity index (χ1v) is 12.6. The minimum atomic E-state index is -5.38. The van der Waals surface area contributed by atoms with Crippen molar-refractivity contribution in [1.82, 2.24) is 0 Å². The molecule has 1 unspecified atom stereocenters. The lowest BCUT2D eigenvalue weighted by Crippen LogP contribution is -2.30. The van der Waals surface area contributed by atoms with Crippen LogP contribution in [0.15, 0.2) is 48.5 Å². The van der Waals surface area contributed by atoms with Gasteiger partial charge in [-0.3, -0.25) is 14.4 Å². The van der Waals surface area contributed by atoms with Crippen LogP contribution in [-0.2, 0) is 9.59 Å². The van der Waals surface area contributed by atoms with Crippen LogP contribution in [0.3, 0.4) is 0 Å². The predicted octanol–water partition coefficient (Wildman–Crippen LogP) is 7.69. The molecule has 3 amide bonds. The molecule has 3 N–H and O–H groups in total. The number of nitrogens with one attached hydrogen (secondary N) is 3. The average molecular weight is 659 g/mol. The van der Waals surface area contributed by atoms with Crippen LogP contribution in [0.5, 0.6) is 0 Å². The van der Waals surface area contributed by atoms with Crippen molar-refractivity contribution in [3.8, 4) is 0 Å². The van der Waals surface area contributed by atoms with Gasteiger partial charge in [-0.25, -0.2) is 13.2 Å². The molecule has 1 aliphatic carbocycles. The molecule has 0 radical (unpaired) electrons. The highest BCUT2D eigenvalue weighted by molar-refractivity contribution is 6.53. The van der Waals surface area contributed by atoms with E-state index in [9.17, 15) is 40.7 Å². The highest BCUT2D eigenvalue weighted by atomic mass is 35.5. The second-order valence-electron chi connectivity index (χ2n) is 8.71. The molecule has 3 aromatic rings. The summed E-state index contributed by atoms with van der Waals surface area (Å²) in [4.78, 5) is 36.7. The molecule has 0 bridgehead atoms. The normalized spacial score (nSPS) is 17.5. The van der Waals surface area contributed by atoms with Gasteiger partial charge >= 0.3 is 12.1 Å². The van der Waals surface area contributed by atoms with Gasteiger partial charge in [0.15, 0.2) is 0 Å². The van der Waals surface area contributed by atoms with Crippen molar-refractivity contribution < 1.29 is 40.7 Å². The Hall–Kier alpha value is -3.19. The summed E-state index contributed by atoms with van der Waals surface area (Å²) in [6.45, 7) is 0. The second-order valence-corrected chi connectivity index (χ2v) is 11.0. The molecule has 2 atom stereocenters. The molecule has 4 rings (SSSR count). The molecule has 0 aliphatic heterocycles. The van der Waals surface area contributed by atoms with E-state index in [0.29, 0.717) is 11.6 Å². The van der Waals surface area contributed by atoms with Crippen molar-refractivity contribution >= 4 is 81.2 Å². The van der Waals surface area contributed by atoms with Crippen LogP contribution < -0.4 is 16.0 Å². The zero-order chi connectivity index (χ0) is 30.4. The number of carbonyl (C=O) groups excluding carboxylic acids is 3. The molecule has 216 valence electrons. The maximum absolute atomic E-state index is 14.5. The maximum atomic E-state index is 14.5. The van der Waals surface area contributed by atoms with E-state index in [1.807, 2.05) is 5.32 Å². The summed E-state index contributed by atoms with van der Waals surface area (Å²) in [6, 6.07) is 7.87. The Labute approximate surface area is 246 Å². The number of alkyl halides is 5. The van der Waals surface area contributed by atoms with Crippen LogP contribution in [0, 0.1) is 23.4 Å². The summed E-state index contributed by atoms with van der Waals surface area (Å²) >= 11 is 24.5. The van der Waals surface area contributed by atoms with Gasteiger partial charge in [0, 0.05) is 17.7 Å². The van der Waals surface area contributed by atoms with E-state index in [0.717, 1.165) is 18.2 Å². The third kappa shape index (κ3) is 6.50. The smallest absolute Gasteiger partial charge is 0.326 e. The van der Waals surface area contributed by atoms with E-state index in [1.165, 1.54) is 17.4 Å². The van der Waals surface area contributed by atoms with Crippen LogP contribution in [0.4, 0.5) is 43.4 Å². The van der Waals surface area contributed by atoms with Gasteiger partial charge in [0.25, 0.3) is 5.91 Å². The number of anilines is 3. The van der Waals surface area contributed by atoms with Crippen LogP contribution in [0.1, 0.15) is 21.8 Å². The Kier molecular flexibility index (Phi) is 8.43. The highest BCUT2D eigenvalue weighted by Crippen LogP contribution is 2.65. The first-order chi connectivity index (χ1) is 19.0. The fourth-order valence-corrected chi connectivity index (χ4v) is 5.03. The van der Waals surface area contributed by atoms with Crippen molar-refractivity contribution in [2.45, 2.75) is 16.4 Å². The summed E-state index contributed by atoms with van der Waals surface area (Å²) in [5.41, 5.74) is -2.28. The molecule has 1 fully saturated rings. The number of carbonyl (C=O) groups is 3. The van der Waals surface area contributed by atoms with E-state index >= 15 is 0 Å². The van der Waals surface area contributed by atoms with Crippen molar-refractivity contribution in [3.63, 3.8) is 0 Å². The fourth-order valence-electron chi connectivity index (χ4n) is 3.89. The first kappa shape index (κ1) is 30.8. The number of halogens is 10. The Balaban J connectivity index is 1.51. The Morgan fingerprint density at radius 1 is 0.756 bits per heavy atom. The number of rotatable bonds is 6. The molecule has 0 saturated heterocycles. The van der Waals surface area contributed by atoms with Gasteiger partial charge in [-0.05, 0) is 42.0 Å². The van der Waals surface area contributed by atoms with E-state index in [-0.39, 0.29) is 21.8 Å². The summed E-state index contributed by atoms with van der Waals surface area (Å²) in [5.74, 6) is -10.4. The zero-order valence-corrected chi connectivity index (χ0v) is 22.8. The monoisotopic (exact) mass is 657 g/mol. The van der Waals surface area contributed by atoms with Crippen molar-refractivity contribution in [3.05, 3.63) is 87.2 Å². The first-order valence-electron chi connectivity index (χ1n) is 11.1. The second kappa shape index (κ2) is 11.2. The van der Waals surface area contributed by atoms with Crippen LogP contribution >= 0.6 is 46.4 Å². The standard InChI is InChI=1S/C25H13Cl4F6N3O3/c26-12-3-1-9(5-13(12)27)19-20(24(19,28)29)22(40)36-10-2-4-14(30)11(6-10)21(39)37-17-8-18(16(32)7-15(17)31)38-23(41)25(33,34)35/h1-8,19-20H,(H,36,40)(H,37,39)(H,38,41)/t19-,20?/m0/s1. The van der Waals surface area contributed by atoms with Crippen LogP contribution in [0.25, 0.3) is 0 Å². The quantitative estimate of drug-likeness (QED) is 0.188. The number of hydrogen-bond acceptors (Lipinski definition) is 3.